The van der Waals surface area contributed by atoms with E-state index in [1.165, 1.54) is 0 Å². The van der Waals surface area contributed by atoms with E-state index < -0.39 is 0 Å². The molecule has 1 aromatic heterocycles. The fourth-order valence-corrected chi connectivity index (χ4v) is 1.20. The normalized spacial score (nSPS) is 16.5. The number of carbonyl (C=O) groups excluding carboxylic acids is 1. The van der Waals surface area contributed by atoms with Gasteiger partial charge in [0.15, 0.2) is 0 Å². The van der Waals surface area contributed by atoms with Crippen molar-refractivity contribution >= 4 is 5.91 Å². The van der Waals surface area contributed by atoms with Crippen molar-refractivity contribution in [3.8, 4) is 0 Å². The Morgan fingerprint density at radius 3 is 2.80 bits per heavy atom. The van der Waals surface area contributed by atoms with Gasteiger partial charge < -0.3 is 10.1 Å². The SMILES string of the molecule is CC(C)c1nc(C(=O)NC2COC2)n[nH]1. The average molecular weight is 210 g/mol. The highest BCUT2D eigenvalue weighted by atomic mass is 16.5. The summed E-state index contributed by atoms with van der Waals surface area (Å²) in [6, 6.07) is 0.110. The van der Waals surface area contributed by atoms with Gasteiger partial charge in [0.2, 0.25) is 5.82 Å². The second kappa shape index (κ2) is 3.98. The van der Waals surface area contributed by atoms with E-state index in [4.69, 9.17) is 4.74 Å². The maximum atomic E-state index is 11.6. The molecule has 15 heavy (non-hydrogen) atoms. The molecule has 1 amide bonds. The van der Waals surface area contributed by atoms with E-state index in [0.717, 1.165) is 5.82 Å². The van der Waals surface area contributed by atoms with Crippen LogP contribution in [-0.2, 0) is 4.74 Å². The standard InChI is InChI=1S/C9H14N4O2/c1-5(2)7-11-8(13-12-7)9(14)10-6-3-15-4-6/h5-6H,3-4H2,1-2H3,(H,10,14)(H,11,12,13). The van der Waals surface area contributed by atoms with Gasteiger partial charge in [-0.25, -0.2) is 4.98 Å². The van der Waals surface area contributed by atoms with Crippen molar-refractivity contribution in [1.82, 2.24) is 20.5 Å². The van der Waals surface area contributed by atoms with Crippen LogP contribution in [0.3, 0.4) is 0 Å². The van der Waals surface area contributed by atoms with Crippen molar-refractivity contribution in [3.63, 3.8) is 0 Å². The van der Waals surface area contributed by atoms with Crippen LogP contribution in [0.25, 0.3) is 0 Å². The molecule has 0 aromatic carbocycles. The smallest absolute Gasteiger partial charge is 0.291 e. The number of nitrogens with one attached hydrogen (secondary N) is 2. The first kappa shape index (κ1) is 10.1. The number of H-pyrrole nitrogens is 1. The summed E-state index contributed by atoms with van der Waals surface area (Å²) >= 11 is 0. The summed E-state index contributed by atoms with van der Waals surface area (Å²) in [5.41, 5.74) is 0. The van der Waals surface area contributed by atoms with Gasteiger partial charge in [0, 0.05) is 5.92 Å². The summed E-state index contributed by atoms with van der Waals surface area (Å²) in [4.78, 5) is 15.7. The van der Waals surface area contributed by atoms with E-state index in [-0.39, 0.29) is 23.7 Å². The number of rotatable bonds is 3. The maximum absolute atomic E-state index is 11.6. The molecular formula is C9H14N4O2. The molecule has 2 heterocycles. The lowest BCUT2D eigenvalue weighted by Gasteiger charge is -2.26. The number of hydrogen-bond acceptors (Lipinski definition) is 4. The molecular weight excluding hydrogens is 196 g/mol. The van der Waals surface area contributed by atoms with Gasteiger partial charge in [-0.15, -0.1) is 5.10 Å². The molecule has 1 aliphatic heterocycles. The predicted molar refractivity (Wildman–Crippen MR) is 52.5 cm³/mol. The fraction of sp³-hybridized carbons (Fsp3) is 0.667. The van der Waals surface area contributed by atoms with Crippen LogP contribution in [0.5, 0.6) is 0 Å². The van der Waals surface area contributed by atoms with Gasteiger partial charge in [0.25, 0.3) is 5.91 Å². The summed E-state index contributed by atoms with van der Waals surface area (Å²) < 4.78 is 4.95. The molecule has 0 radical (unpaired) electrons. The first-order valence-corrected chi connectivity index (χ1v) is 4.97. The van der Waals surface area contributed by atoms with Crippen LogP contribution in [0, 0.1) is 0 Å². The van der Waals surface area contributed by atoms with Crippen LogP contribution in [-0.4, -0.2) is 40.3 Å². The molecule has 0 spiro atoms. The highest BCUT2D eigenvalue weighted by molar-refractivity contribution is 5.90. The van der Waals surface area contributed by atoms with Gasteiger partial charge in [-0.05, 0) is 0 Å². The van der Waals surface area contributed by atoms with E-state index >= 15 is 0 Å². The van der Waals surface area contributed by atoms with Crippen LogP contribution in [0.1, 0.15) is 36.2 Å². The fourth-order valence-electron chi connectivity index (χ4n) is 1.20. The van der Waals surface area contributed by atoms with Crippen LogP contribution in [0.4, 0.5) is 0 Å². The lowest BCUT2D eigenvalue weighted by Crippen LogP contribution is -2.48. The lowest BCUT2D eigenvalue weighted by atomic mass is 10.2. The molecule has 6 nitrogen and oxygen atoms in total. The predicted octanol–water partition coefficient (Wildman–Crippen LogP) is 0.0567. The Balaban J connectivity index is 1.98. The van der Waals surface area contributed by atoms with Crippen molar-refractivity contribution in [3.05, 3.63) is 11.6 Å². The van der Waals surface area contributed by atoms with Gasteiger partial charge >= 0.3 is 0 Å². The average Bonchev–Trinajstić information content (AvgIpc) is 2.59. The third-order valence-corrected chi connectivity index (χ3v) is 2.23. The summed E-state index contributed by atoms with van der Waals surface area (Å²) in [5.74, 6) is 0.924. The maximum Gasteiger partial charge on any atom is 0.291 e. The summed E-state index contributed by atoms with van der Waals surface area (Å²) in [7, 11) is 0. The quantitative estimate of drug-likeness (QED) is 0.739. The molecule has 0 bridgehead atoms. The highest BCUT2D eigenvalue weighted by Gasteiger charge is 2.23. The first-order chi connectivity index (χ1) is 7.16. The molecule has 1 aliphatic rings. The van der Waals surface area contributed by atoms with Crippen LogP contribution >= 0.6 is 0 Å². The summed E-state index contributed by atoms with van der Waals surface area (Å²) in [6.07, 6.45) is 0. The molecule has 6 heteroatoms. The van der Waals surface area contributed by atoms with Crippen molar-refractivity contribution in [2.45, 2.75) is 25.8 Å². The van der Waals surface area contributed by atoms with E-state index in [0.29, 0.717) is 13.2 Å². The second-order valence-electron chi connectivity index (χ2n) is 3.91. The minimum Gasteiger partial charge on any atom is -0.377 e. The van der Waals surface area contributed by atoms with E-state index in [1.54, 1.807) is 0 Å². The number of carbonyl (C=O) groups is 1. The van der Waals surface area contributed by atoms with E-state index in [2.05, 4.69) is 20.5 Å². The summed E-state index contributed by atoms with van der Waals surface area (Å²) in [5, 5.41) is 9.38. The number of nitrogens with zero attached hydrogens (tertiary/aromatic N) is 2. The van der Waals surface area contributed by atoms with Crippen molar-refractivity contribution in [2.75, 3.05) is 13.2 Å². The van der Waals surface area contributed by atoms with E-state index in [1.807, 2.05) is 13.8 Å². The number of amides is 1. The molecule has 0 saturated carbocycles. The molecule has 1 aromatic rings. The first-order valence-electron chi connectivity index (χ1n) is 4.97. The number of aromatic amines is 1. The second-order valence-corrected chi connectivity index (χ2v) is 3.91. The van der Waals surface area contributed by atoms with Gasteiger partial charge in [-0.1, -0.05) is 13.8 Å². The van der Waals surface area contributed by atoms with Crippen molar-refractivity contribution in [2.24, 2.45) is 0 Å². The monoisotopic (exact) mass is 210 g/mol. The topological polar surface area (TPSA) is 79.9 Å². The van der Waals surface area contributed by atoms with Gasteiger partial charge in [0.05, 0.1) is 19.3 Å². The van der Waals surface area contributed by atoms with Crippen LogP contribution in [0.15, 0.2) is 0 Å². The number of hydrogen-bond donors (Lipinski definition) is 2. The number of aromatic nitrogens is 3. The molecule has 0 unspecified atom stereocenters. The lowest BCUT2D eigenvalue weighted by molar-refractivity contribution is -0.00363. The Morgan fingerprint density at radius 1 is 1.60 bits per heavy atom. The Morgan fingerprint density at radius 2 is 2.33 bits per heavy atom. The molecule has 82 valence electrons. The van der Waals surface area contributed by atoms with Crippen molar-refractivity contribution in [1.29, 1.82) is 0 Å². The molecule has 2 rings (SSSR count). The Labute approximate surface area is 87.4 Å². The van der Waals surface area contributed by atoms with Crippen molar-refractivity contribution < 1.29 is 9.53 Å². The minimum atomic E-state index is -0.244. The molecule has 0 aliphatic carbocycles. The molecule has 1 saturated heterocycles. The summed E-state index contributed by atoms with van der Waals surface area (Å²) in [6.45, 7) is 5.13. The van der Waals surface area contributed by atoms with Gasteiger partial charge in [0.1, 0.15) is 5.82 Å². The Kier molecular flexibility index (Phi) is 2.68. The largest absolute Gasteiger partial charge is 0.377 e. The van der Waals surface area contributed by atoms with Crippen LogP contribution in [0.2, 0.25) is 0 Å². The number of ether oxygens (including phenoxy) is 1. The molecule has 0 atom stereocenters. The van der Waals surface area contributed by atoms with Gasteiger partial charge in [-0.3, -0.25) is 9.89 Å². The zero-order chi connectivity index (χ0) is 10.8. The van der Waals surface area contributed by atoms with E-state index in [9.17, 15) is 4.79 Å². The Bertz CT molecular complexity index is 357. The molecule has 2 N–H and O–H groups in total. The Hall–Kier alpha value is -1.43. The third kappa shape index (κ3) is 2.15. The third-order valence-electron chi connectivity index (χ3n) is 2.23. The molecule has 1 fully saturated rings. The zero-order valence-corrected chi connectivity index (χ0v) is 8.78. The van der Waals surface area contributed by atoms with Crippen LogP contribution < -0.4 is 5.32 Å². The zero-order valence-electron chi connectivity index (χ0n) is 8.78. The van der Waals surface area contributed by atoms with Gasteiger partial charge in [-0.2, -0.15) is 0 Å². The highest BCUT2D eigenvalue weighted by Crippen LogP contribution is 2.08. The minimum absolute atomic E-state index is 0.110.